The first kappa shape index (κ1) is 9.44. The van der Waals surface area contributed by atoms with E-state index in [1.165, 1.54) is 24.3 Å². The molecule has 0 aliphatic heterocycles. The molecule has 2 N–H and O–H groups in total. The molecule has 0 amide bonds. The Morgan fingerprint density at radius 2 is 1.85 bits per heavy atom. The lowest BCUT2D eigenvalue weighted by Gasteiger charge is -1.98. The van der Waals surface area contributed by atoms with E-state index in [4.69, 9.17) is 9.95 Å². The standard InChI is InChI=1S/C6H5N3O3S/c7-8-5-1-3-6(4-2-5)9-13(10,11)12/h1-4,9H/p+1. The summed E-state index contributed by atoms with van der Waals surface area (Å²) in [6, 6.07) is 5.46. The van der Waals surface area contributed by atoms with Crippen LogP contribution in [0, 0.1) is 5.39 Å². The first-order valence-electron chi connectivity index (χ1n) is 3.22. The van der Waals surface area contributed by atoms with Crippen molar-refractivity contribution in [1.82, 2.24) is 0 Å². The summed E-state index contributed by atoms with van der Waals surface area (Å²) in [7, 11) is -4.24. The van der Waals surface area contributed by atoms with Gasteiger partial charge in [-0.25, -0.2) is 0 Å². The molecular weight excluding hydrogens is 194 g/mol. The largest absolute Gasteiger partial charge is 0.385 e. The second-order valence-corrected chi connectivity index (χ2v) is 3.38. The number of hydrogen-bond acceptors (Lipinski definition) is 3. The molecule has 0 unspecified atom stereocenters. The lowest BCUT2D eigenvalue weighted by molar-refractivity contribution is 0.490. The van der Waals surface area contributed by atoms with E-state index in [1.54, 1.807) is 0 Å². The van der Waals surface area contributed by atoms with Gasteiger partial charge in [0.25, 0.3) is 0 Å². The Kier molecular flexibility index (Phi) is 2.46. The number of diazo groups is 1. The Morgan fingerprint density at radius 1 is 1.31 bits per heavy atom. The van der Waals surface area contributed by atoms with Crippen molar-refractivity contribution < 1.29 is 13.0 Å². The quantitative estimate of drug-likeness (QED) is 0.557. The lowest BCUT2D eigenvalue weighted by atomic mass is 10.3. The van der Waals surface area contributed by atoms with Crippen molar-refractivity contribution in [3.8, 4) is 0 Å². The van der Waals surface area contributed by atoms with Gasteiger partial charge in [0, 0.05) is 12.1 Å². The van der Waals surface area contributed by atoms with Crippen LogP contribution in [0.2, 0.25) is 0 Å². The molecule has 0 aliphatic rings. The fraction of sp³-hybridized carbons (Fsp3) is 0. The number of rotatable bonds is 2. The Labute approximate surface area is 74.7 Å². The average Bonchev–Trinajstić information content (AvgIpc) is 2.03. The van der Waals surface area contributed by atoms with Crippen LogP contribution in [0.3, 0.4) is 0 Å². The van der Waals surface area contributed by atoms with Crippen molar-refractivity contribution in [1.29, 1.82) is 5.39 Å². The summed E-state index contributed by atoms with van der Waals surface area (Å²) < 4.78 is 30.9. The highest BCUT2D eigenvalue weighted by Crippen LogP contribution is 2.16. The monoisotopic (exact) mass is 200 g/mol. The second kappa shape index (κ2) is 3.38. The van der Waals surface area contributed by atoms with E-state index in [0.29, 0.717) is 5.69 Å². The highest BCUT2D eigenvalue weighted by atomic mass is 32.2. The van der Waals surface area contributed by atoms with Crippen molar-refractivity contribution in [2.45, 2.75) is 0 Å². The minimum absolute atomic E-state index is 0.190. The molecular formula is C6H6N3O3S+. The maximum atomic E-state index is 10.3. The first-order valence-corrected chi connectivity index (χ1v) is 4.66. The van der Waals surface area contributed by atoms with Crippen LogP contribution < -0.4 is 4.72 Å². The Morgan fingerprint density at radius 3 is 2.23 bits per heavy atom. The summed E-state index contributed by atoms with van der Waals surface area (Å²) in [4.78, 5) is 2.87. The van der Waals surface area contributed by atoms with Crippen LogP contribution in [-0.2, 0) is 10.3 Å². The normalized spacial score (nSPS) is 10.5. The number of nitrogens with one attached hydrogen (secondary N) is 1. The molecule has 0 atom stereocenters. The van der Waals surface area contributed by atoms with Crippen LogP contribution in [0.4, 0.5) is 11.4 Å². The van der Waals surface area contributed by atoms with Gasteiger partial charge in [0.15, 0.2) is 4.98 Å². The van der Waals surface area contributed by atoms with Crippen molar-refractivity contribution in [2.24, 2.45) is 0 Å². The van der Waals surface area contributed by atoms with Crippen LogP contribution in [0.15, 0.2) is 24.3 Å². The summed E-state index contributed by atoms with van der Waals surface area (Å²) in [5, 5.41) is 8.30. The number of benzene rings is 1. The maximum Gasteiger partial charge on any atom is 0.385 e. The molecule has 0 fully saturated rings. The Hall–Kier alpha value is -1.65. The minimum Gasteiger partial charge on any atom is -0.269 e. The van der Waals surface area contributed by atoms with Crippen molar-refractivity contribution >= 4 is 21.7 Å². The lowest BCUT2D eigenvalue weighted by Crippen LogP contribution is -2.09. The number of nitrogens with zero attached hydrogens (tertiary/aromatic N) is 2. The average molecular weight is 200 g/mol. The van der Waals surface area contributed by atoms with Crippen LogP contribution >= 0.6 is 0 Å². The predicted octanol–water partition coefficient (Wildman–Crippen LogP) is 1.39. The minimum atomic E-state index is -4.24. The summed E-state index contributed by atoms with van der Waals surface area (Å²) in [6.45, 7) is 0. The van der Waals surface area contributed by atoms with Crippen LogP contribution in [0.25, 0.3) is 4.98 Å². The molecule has 0 aromatic heterocycles. The van der Waals surface area contributed by atoms with Crippen LogP contribution in [0.1, 0.15) is 0 Å². The van der Waals surface area contributed by atoms with Gasteiger partial charge in [0.2, 0.25) is 5.39 Å². The topological polar surface area (TPSA) is 94.5 Å². The number of anilines is 1. The van der Waals surface area contributed by atoms with Gasteiger partial charge in [-0.05, 0) is 12.1 Å². The fourth-order valence-corrected chi connectivity index (χ4v) is 1.18. The predicted molar refractivity (Wildman–Crippen MR) is 46.4 cm³/mol. The third-order valence-corrected chi connectivity index (χ3v) is 1.72. The van der Waals surface area contributed by atoms with Crippen LogP contribution in [-0.4, -0.2) is 13.0 Å². The van der Waals surface area contributed by atoms with E-state index in [9.17, 15) is 8.42 Å². The molecule has 0 spiro atoms. The molecule has 0 aliphatic carbocycles. The van der Waals surface area contributed by atoms with Crippen LogP contribution in [0.5, 0.6) is 0 Å². The zero-order chi connectivity index (χ0) is 9.90. The Bertz CT molecular complexity index is 431. The second-order valence-electron chi connectivity index (χ2n) is 2.22. The van der Waals surface area contributed by atoms with Gasteiger partial charge >= 0.3 is 16.0 Å². The van der Waals surface area contributed by atoms with E-state index in [0.717, 1.165) is 0 Å². The molecule has 68 valence electrons. The maximum absolute atomic E-state index is 10.3. The SMILES string of the molecule is N#[N+]c1ccc(NS(=O)(=O)O)cc1. The van der Waals surface area contributed by atoms with Crippen molar-refractivity contribution in [3.63, 3.8) is 0 Å². The highest BCUT2D eigenvalue weighted by Gasteiger charge is 2.06. The van der Waals surface area contributed by atoms with Gasteiger partial charge < -0.3 is 0 Å². The third-order valence-electron chi connectivity index (χ3n) is 1.23. The summed E-state index contributed by atoms with van der Waals surface area (Å²) in [6.07, 6.45) is 0. The fourth-order valence-electron chi connectivity index (χ4n) is 0.745. The van der Waals surface area contributed by atoms with E-state index >= 15 is 0 Å². The number of hydrogen-bond donors (Lipinski definition) is 2. The molecule has 1 rings (SSSR count). The zero-order valence-electron chi connectivity index (χ0n) is 6.38. The van der Waals surface area contributed by atoms with Gasteiger partial charge in [-0.1, -0.05) is 0 Å². The van der Waals surface area contributed by atoms with Gasteiger partial charge in [-0.3, -0.25) is 9.27 Å². The highest BCUT2D eigenvalue weighted by molar-refractivity contribution is 7.87. The molecule has 13 heavy (non-hydrogen) atoms. The van der Waals surface area contributed by atoms with Gasteiger partial charge in [0.1, 0.15) is 0 Å². The molecule has 0 saturated carbocycles. The molecule has 0 radical (unpaired) electrons. The summed E-state index contributed by atoms with van der Waals surface area (Å²) in [5.41, 5.74) is 0.482. The summed E-state index contributed by atoms with van der Waals surface area (Å²) >= 11 is 0. The Balaban J connectivity index is 2.89. The van der Waals surface area contributed by atoms with E-state index in [2.05, 4.69) is 4.98 Å². The molecule has 1 aromatic carbocycles. The smallest absolute Gasteiger partial charge is 0.269 e. The molecule has 7 heteroatoms. The molecule has 0 heterocycles. The third kappa shape index (κ3) is 3.06. The molecule has 0 saturated heterocycles. The van der Waals surface area contributed by atoms with Crippen molar-refractivity contribution in [3.05, 3.63) is 29.2 Å². The van der Waals surface area contributed by atoms with Gasteiger partial charge in [-0.15, -0.1) is 0 Å². The summed E-state index contributed by atoms with van der Waals surface area (Å²) in [5.74, 6) is 0. The first-order chi connectivity index (χ1) is 6.01. The van der Waals surface area contributed by atoms with E-state index < -0.39 is 10.3 Å². The molecule has 6 nitrogen and oxygen atoms in total. The van der Waals surface area contributed by atoms with Crippen molar-refractivity contribution in [2.75, 3.05) is 4.72 Å². The molecule has 0 bridgehead atoms. The van der Waals surface area contributed by atoms with E-state index in [1.807, 2.05) is 4.72 Å². The van der Waals surface area contributed by atoms with Gasteiger partial charge in [0.05, 0.1) is 5.69 Å². The molecule has 1 aromatic rings. The van der Waals surface area contributed by atoms with Gasteiger partial charge in [-0.2, -0.15) is 8.42 Å². The van der Waals surface area contributed by atoms with E-state index in [-0.39, 0.29) is 5.69 Å². The zero-order valence-corrected chi connectivity index (χ0v) is 7.19.